The molecule has 24 heavy (non-hydrogen) atoms. The third-order valence-corrected chi connectivity index (χ3v) is 4.88. The van der Waals surface area contributed by atoms with Crippen molar-refractivity contribution in [2.45, 2.75) is 32.1 Å². The number of nitrogens with one attached hydrogen (secondary N) is 1. The molecule has 1 aromatic carbocycles. The number of benzene rings is 1. The summed E-state index contributed by atoms with van der Waals surface area (Å²) < 4.78 is 10.2. The van der Waals surface area contributed by atoms with E-state index in [9.17, 15) is 14.4 Å². The zero-order valence-electron chi connectivity index (χ0n) is 13.5. The lowest BCUT2D eigenvalue weighted by Crippen LogP contribution is -2.39. The van der Waals surface area contributed by atoms with Gasteiger partial charge in [0.05, 0.1) is 12.2 Å². The molecule has 3 rings (SSSR count). The SMILES string of the molecule is CC(C)COC(=O)OC(=O)c1cc(Br)c2c(c1)C(=O)NCC21CC1. The molecule has 128 valence electrons. The summed E-state index contributed by atoms with van der Waals surface area (Å²) in [5, 5.41) is 2.85. The lowest BCUT2D eigenvalue weighted by atomic mass is 9.86. The molecule has 0 aromatic heterocycles. The Bertz CT molecular complexity index is 724. The van der Waals surface area contributed by atoms with E-state index in [1.54, 1.807) is 6.07 Å². The number of carbonyl (C=O) groups is 3. The first-order valence-corrected chi connectivity index (χ1v) is 8.63. The highest BCUT2D eigenvalue weighted by molar-refractivity contribution is 9.10. The second-order valence-electron chi connectivity index (χ2n) is 6.69. The minimum Gasteiger partial charge on any atom is -0.434 e. The number of rotatable bonds is 3. The Balaban J connectivity index is 1.81. The highest BCUT2D eigenvalue weighted by Gasteiger charge is 2.50. The van der Waals surface area contributed by atoms with Crippen LogP contribution in [0.2, 0.25) is 0 Å². The minimum atomic E-state index is -1.04. The smallest absolute Gasteiger partial charge is 0.434 e. The summed E-state index contributed by atoms with van der Waals surface area (Å²) in [4.78, 5) is 35.8. The van der Waals surface area contributed by atoms with Crippen molar-refractivity contribution in [3.8, 4) is 0 Å². The van der Waals surface area contributed by atoms with Gasteiger partial charge in [-0.1, -0.05) is 29.8 Å². The van der Waals surface area contributed by atoms with E-state index in [0.29, 0.717) is 16.6 Å². The lowest BCUT2D eigenvalue weighted by molar-refractivity contribution is 0.0351. The summed E-state index contributed by atoms with van der Waals surface area (Å²) in [7, 11) is 0. The first-order chi connectivity index (χ1) is 11.3. The third kappa shape index (κ3) is 3.17. The quantitative estimate of drug-likeness (QED) is 0.627. The van der Waals surface area contributed by atoms with Gasteiger partial charge in [-0.25, -0.2) is 9.59 Å². The van der Waals surface area contributed by atoms with Crippen LogP contribution in [0.5, 0.6) is 0 Å². The zero-order valence-corrected chi connectivity index (χ0v) is 15.1. The van der Waals surface area contributed by atoms with E-state index in [0.717, 1.165) is 18.4 Å². The molecule has 7 heteroatoms. The number of amides is 1. The van der Waals surface area contributed by atoms with Crippen LogP contribution in [-0.2, 0) is 14.9 Å². The Morgan fingerprint density at radius 3 is 2.67 bits per heavy atom. The summed E-state index contributed by atoms with van der Waals surface area (Å²) in [6.07, 6.45) is 0.972. The predicted octanol–water partition coefficient (Wildman–Crippen LogP) is 3.17. The standard InChI is InChI=1S/C17H18BrNO5/c1-9(2)7-23-16(22)24-15(21)10-5-11-13(12(18)6-10)17(3-4-17)8-19-14(11)20/h5-6,9H,3-4,7-8H2,1-2H3,(H,19,20). The van der Waals surface area contributed by atoms with Crippen LogP contribution in [0.4, 0.5) is 4.79 Å². The maximum absolute atomic E-state index is 12.2. The van der Waals surface area contributed by atoms with Crippen LogP contribution < -0.4 is 5.32 Å². The van der Waals surface area contributed by atoms with Crippen molar-refractivity contribution in [1.82, 2.24) is 5.32 Å². The van der Waals surface area contributed by atoms with E-state index >= 15 is 0 Å². The number of fused-ring (bicyclic) bond motifs is 2. The maximum atomic E-state index is 12.2. The fourth-order valence-corrected chi connectivity index (χ4v) is 3.73. The van der Waals surface area contributed by atoms with Crippen LogP contribution in [0.3, 0.4) is 0 Å². The number of carbonyl (C=O) groups excluding carboxylic acids is 3. The van der Waals surface area contributed by atoms with Crippen LogP contribution in [0.25, 0.3) is 0 Å². The van der Waals surface area contributed by atoms with E-state index in [1.807, 2.05) is 13.8 Å². The summed E-state index contributed by atoms with van der Waals surface area (Å²) in [5.41, 5.74) is 1.50. The molecule has 1 spiro atoms. The minimum absolute atomic E-state index is 0.0271. The molecule has 1 amide bonds. The Hall–Kier alpha value is -1.89. The van der Waals surface area contributed by atoms with Gasteiger partial charge >= 0.3 is 12.1 Å². The van der Waals surface area contributed by atoms with Gasteiger partial charge in [-0.3, -0.25) is 4.79 Å². The van der Waals surface area contributed by atoms with E-state index in [4.69, 9.17) is 4.74 Å². The number of halogens is 1. The number of hydrogen-bond donors (Lipinski definition) is 1. The van der Waals surface area contributed by atoms with E-state index in [-0.39, 0.29) is 29.4 Å². The summed E-state index contributed by atoms with van der Waals surface area (Å²) in [5.74, 6) is -0.917. The normalized spacial score (nSPS) is 17.2. The van der Waals surface area contributed by atoms with Crippen LogP contribution >= 0.6 is 15.9 Å². The lowest BCUT2D eigenvalue weighted by Gasteiger charge is -2.27. The zero-order chi connectivity index (χ0) is 17.5. The van der Waals surface area contributed by atoms with Gasteiger partial charge in [0.1, 0.15) is 0 Å². The molecule has 6 nitrogen and oxygen atoms in total. The maximum Gasteiger partial charge on any atom is 0.516 e. The third-order valence-electron chi connectivity index (χ3n) is 4.25. The van der Waals surface area contributed by atoms with Gasteiger partial charge < -0.3 is 14.8 Å². The molecule has 0 radical (unpaired) electrons. The Kier molecular flexibility index (Phi) is 4.38. The van der Waals surface area contributed by atoms with Gasteiger partial charge in [-0.05, 0) is 36.5 Å². The average Bonchev–Trinajstić information content (AvgIpc) is 3.29. The topological polar surface area (TPSA) is 81.7 Å². The predicted molar refractivity (Wildman–Crippen MR) is 89.0 cm³/mol. The summed E-state index contributed by atoms with van der Waals surface area (Å²) in [6, 6.07) is 3.07. The molecular weight excluding hydrogens is 378 g/mol. The van der Waals surface area contributed by atoms with Gasteiger partial charge in [-0.15, -0.1) is 0 Å². The van der Waals surface area contributed by atoms with Gasteiger partial charge in [0, 0.05) is 22.0 Å². The summed E-state index contributed by atoms with van der Waals surface area (Å²) in [6.45, 7) is 4.54. The fraction of sp³-hybridized carbons (Fsp3) is 0.471. The molecule has 1 fully saturated rings. The van der Waals surface area contributed by atoms with Crippen molar-refractivity contribution in [2.75, 3.05) is 13.2 Å². The molecule has 1 N–H and O–H groups in total. The molecule has 2 aliphatic rings. The van der Waals surface area contributed by atoms with Crippen molar-refractivity contribution in [2.24, 2.45) is 5.92 Å². The molecule has 1 aliphatic carbocycles. The van der Waals surface area contributed by atoms with Crippen molar-refractivity contribution in [1.29, 1.82) is 0 Å². The van der Waals surface area contributed by atoms with E-state index in [2.05, 4.69) is 26.0 Å². The van der Waals surface area contributed by atoms with Crippen molar-refractivity contribution >= 4 is 34.0 Å². The molecule has 1 heterocycles. The number of hydrogen-bond acceptors (Lipinski definition) is 5. The Labute approximate surface area is 148 Å². The molecule has 1 aliphatic heterocycles. The molecule has 0 unspecified atom stereocenters. The molecule has 0 atom stereocenters. The Morgan fingerprint density at radius 1 is 1.33 bits per heavy atom. The van der Waals surface area contributed by atoms with Crippen molar-refractivity contribution < 1.29 is 23.9 Å². The second kappa shape index (κ2) is 6.20. The highest BCUT2D eigenvalue weighted by Crippen LogP contribution is 2.53. The fourth-order valence-electron chi connectivity index (χ4n) is 2.85. The highest BCUT2D eigenvalue weighted by atomic mass is 79.9. The largest absolute Gasteiger partial charge is 0.516 e. The number of ether oxygens (including phenoxy) is 2. The molecule has 0 bridgehead atoms. The monoisotopic (exact) mass is 395 g/mol. The van der Waals surface area contributed by atoms with Crippen LogP contribution in [0.15, 0.2) is 16.6 Å². The van der Waals surface area contributed by atoms with Gasteiger partial charge in [0.15, 0.2) is 0 Å². The molecule has 1 aromatic rings. The van der Waals surface area contributed by atoms with Gasteiger partial charge in [-0.2, -0.15) is 0 Å². The van der Waals surface area contributed by atoms with Crippen molar-refractivity contribution in [3.63, 3.8) is 0 Å². The average molecular weight is 396 g/mol. The van der Waals surface area contributed by atoms with Crippen LogP contribution in [0, 0.1) is 5.92 Å². The van der Waals surface area contributed by atoms with Gasteiger partial charge in [0.25, 0.3) is 5.91 Å². The molecule has 1 saturated carbocycles. The Morgan fingerprint density at radius 2 is 2.04 bits per heavy atom. The molecular formula is C17H18BrNO5. The van der Waals surface area contributed by atoms with E-state index < -0.39 is 12.1 Å². The van der Waals surface area contributed by atoms with Gasteiger partial charge in [0.2, 0.25) is 0 Å². The first kappa shape index (κ1) is 17.0. The number of esters is 1. The van der Waals surface area contributed by atoms with E-state index in [1.165, 1.54) is 6.07 Å². The van der Waals surface area contributed by atoms with Crippen LogP contribution in [0.1, 0.15) is 53.0 Å². The first-order valence-electron chi connectivity index (χ1n) is 7.83. The van der Waals surface area contributed by atoms with Crippen molar-refractivity contribution in [3.05, 3.63) is 33.3 Å². The van der Waals surface area contributed by atoms with Crippen LogP contribution in [-0.4, -0.2) is 31.2 Å². The summed E-state index contributed by atoms with van der Waals surface area (Å²) >= 11 is 3.46. The second-order valence-corrected chi connectivity index (χ2v) is 7.54. The molecule has 0 saturated heterocycles.